The molecule has 0 aliphatic carbocycles. The summed E-state index contributed by atoms with van der Waals surface area (Å²) in [5, 5.41) is 5.07. The van der Waals surface area contributed by atoms with Gasteiger partial charge in [-0.1, -0.05) is 133 Å². The molecule has 198 valence electrons. The fourth-order valence-electron chi connectivity index (χ4n) is 6.22. The van der Waals surface area contributed by atoms with E-state index in [0.29, 0.717) is 0 Å². The standard InChI is InChI=1S/C40H27NS/c1-2-14-28(15-3-1)30-19-6-9-23-35(30)41(36-25-12-17-29-16-4-5-18-31(29)36)37-24-10-7-20-32(37)33-22-13-27-39-40(33)34-21-8-11-26-38(34)42-39/h1-27H. The first-order valence-electron chi connectivity index (χ1n) is 14.3. The number of nitrogens with zero attached hydrogens (tertiary/aromatic N) is 1. The fraction of sp³-hybridized carbons (Fsp3) is 0. The minimum atomic E-state index is 1.15. The van der Waals surface area contributed by atoms with Crippen molar-refractivity contribution in [3.63, 3.8) is 0 Å². The average Bonchev–Trinajstić information content (AvgIpc) is 3.45. The van der Waals surface area contributed by atoms with Crippen molar-refractivity contribution >= 4 is 59.3 Å². The summed E-state index contributed by atoms with van der Waals surface area (Å²) >= 11 is 1.87. The zero-order valence-corrected chi connectivity index (χ0v) is 23.8. The average molecular weight is 554 g/mol. The molecule has 0 bridgehead atoms. The summed E-state index contributed by atoms with van der Waals surface area (Å²) in [5.41, 5.74) is 8.31. The maximum Gasteiger partial charge on any atom is 0.0540 e. The van der Waals surface area contributed by atoms with Gasteiger partial charge in [-0.25, -0.2) is 0 Å². The smallest absolute Gasteiger partial charge is 0.0540 e. The summed E-state index contributed by atoms with van der Waals surface area (Å²) in [4.78, 5) is 2.47. The van der Waals surface area contributed by atoms with Crippen LogP contribution in [0.25, 0.3) is 53.2 Å². The molecule has 2 heteroatoms. The molecule has 42 heavy (non-hydrogen) atoms. The van der Waals surface area contributed by atoms with Crippen molar-refractivity contribution in [2.45, 2.75) is 0 Å². The van der Waals surface area contributed by atoms with Crippen molar-refractivity contribution in [1.82, 2.24) is 0 Å². The molecule has 0 radical (unpaired) electrons. The van der Waals surface area contributed by atoms with Crippen molar-refractivity contribution in [3.05, 3.63) is 164 Å². The Labute approximate surface area is 249 Å². The molecular weight excluding hydrogens is 527 g/mol. The Kier molecular flexibility index (Phi) is 6.05. The van der Waals surface area contributed by atoms with Crippen LogP contribution < -0.4 is 4.90 Å². The number of hydrogen-bond acceptors (Lipinski definition) is 2. The van der Waals surface area contributed by atoms with Crippen LogP contribution in [0.3, 0.4) is 0 Å². The predicted octanol–water partition coefficient (Wildman–Crippen LogP) is 12.0. The largest absolute Gasteiger partial charge is 0.309 e. The van der Waals surface area contributed by atoms with Gasteiger partial charge >= 0.3 is 0 Å². The van der Waals surface area contributed by atoms with Gasteiger partial charge in [0, 0.05) is 36.7 Å². The first-order chi connectivity index (χ1) is 20.9. The number of rotatable bonds is 5. The van der Waals surface area contributed by atoms with Gasteiger partial charge in [-0.3, -0.25) is 0 Å². The Morgan fingerprint density at radius 1 is 0.357 bits per heavy atom. The van der Waals surface area contributed by atoms with Gasteiger partial charge in [0.05, 0.1) is 17.1 Å². The minimum Gasteiger partial charge on any atom is -0.309 e. The van der Waals surface area contributed by atoms with E-state index in [2.05, 4.69) is 169 Å². The number of hydrogen-bond donors (Lipinski definition) is 0. The van der Waals surface area contributed by atoms with E-state index in [-0.39, 0.29) is 0 Å². The zero-order valence-electron chi connectivity index (χ0n) is 22.9. The molecule has 0 saturated carbocycles. The van der Waals surface area contributed by atoms with Gasteiger partial charge < -0.3 is 4.90 Å². The molecule has 0 atom stereocenters. The Balaban J connectivity index is 1.46. The van der Waals surface area contributed by atoms with Gasteiger partial charge in [0.15, 0.2) is 0 Å². The minimum absolute atomic E-state index is 1.15. The van der Waals surface area contributed by atoms with Gasteiger partial charge in [0.25, 0.3) is 0 Å². The van der Waals surface area contributed by atoms with E-state index in [1.807, 2.05) is 11.3 Å². The third-order valence-electron chi connectivity index (χ3n) is 8.07. The number of benzene rings is 7. The van der Waals surface area contributed by atoms with E-state index in [0.717, 1.165) is 17.1 Å². The van der Waals surface area contributed by atoms with Gasteiger partial charge in [0.2, 0.25) is 0 Å². The highest BCUT2D eigenvalue weighted by molar-refractivity contribution is 7.25. The molecule has 0 saturated heterocycles. The molecule has 1 nitrogen and oxygen atoms in total. The van der Waals surface area contributed by atoms with Crippen LogP contribution in [0.5, 0.6) is 0 Å². The second kappa shape index (κ2) is 10.3. The molecule has 7 aromatic carbocycles. The van der Waals surface area contributed by atoms with Crippen molar-refractivity contribution < 1.29 is 0 Å². The number of para-hydroxylation sites is 2. The van der Waals surface area contributed by atoms with Gasteiger partial charge in [0.1, 0.15) is 0 Å². The van der Waals surface area contributed by atoms with Crippen molar-refractivity contribution in [2.24, 2.45) is 0 Å². The van der Waals surface area contributed by atoms with E-state index >= 15 is 0 Å². The fourth-order valence-corrected chi connectivity index (χ4v) is 7.35. The lowest BCUT2D eigenvalue weighted by molar-refractivity contribution is 1.30. The van der Waals surface area contributed by atoms with Crippen LogP contribution in [0.15, 0.2) is 164 Å². The number of thiophene rings is 1. The van der Waals surface area contributed by atoms with E-state index in [9.17, 15) is 0 Å². The SMILES string of the molecule is c1ccc(-c2ccccc2N(c2ccccc2-c2cccc3sc4ccccc4c23)c2cccc3ccccc23)cc1. The maximum absolute atomic E-state index is 2.47. The summed E-state index contributed by atoms with van der Waals surface area (Å²) in [5.74, 6) is 0. The van der Waals surface area contributed by atoms with E-state index in [4.69, 9.17) is 0 Å². The molecule has 8 aromatic rings. The summed E-state index contributed by atoms with van der Waals surface area (Å²) in [6, 6.07) is 59.2. The molecule has 0 spiro atoms. The molecule has 0 fully saturated rings. The zero-order chi connectivity index (χ0) is 27.9. The highest BCUT2D eigenvalue weighted by Crippen LogP contribution is 2.48. The summed E-state index contributed by atoms with van der Waals surface area (Å²) in [6.07, 6.45) is 0. The quantitative estimate of drug-likeness (QED) is 0.205. The number of anilines is 3. The molecule has 1 heterocycles. The molecule has 0 N–H and O–H groups in total. The van der Waals surface area contributed by atoms with Gasteiger partial charge in [-0.2, -0.15) is 0 Å². The molecular formula is C40H27NS. The third-order valence-corrected chi connectivity index (χ3v) is 9.21. The highest BCUT2D eigenvalue weighted by Gasteiger charge is 2.23. The van der Waals surface area contributed by atoms with Crippen molar-refractivity contribution in [3.8, 4) is 22.3 Å². The summed E-state index contributed by atoms with van der Waals surface area (Å²) in [6.45, 7) is 0. The second-order valence-electron chi connectivity index (χ2n) is 10.5. The van der Waals surface area contributed by atoms with E-state index in [1.165, 1.54) is 53.2 Å². The highest BCUT2D eigenvalue weighted by atomic mass is 32.1. The Morgan fingerprint density at radius 2 is 0.905 bits per heavy atom. The molecule has 1 aromatic heterocycles. The molecule has 0 amide bonds. The van der Waals surface area contributed by atoms with E-state index < -0.39 is 0 Å². The lowest BCUT2D eigenvalue weighted by Gasteiger charge is -2.31. The third kappa shape index (κ3) is 4.08. The molecule has 0 unspecified atom stereocenters. The van der Waals surface area contributed by atoms with Crippen LogP contribution >= 0.6 is 11.3 Å². The number of fused-ring (bicyclic) bond motifs is 4. The van der Waals surface area contributed by atoms with Gasteiger partial charge in [-0.05, 0) is 46.8 Å². The second-order valence-corrected chi connectivity index (χ2v) is 11.6. The predicted molar refractivity (Wildman–Crippen MR) is 182 cm³/mol. The summed E-state index contributed by atoms with van der Waals surface area (Å²) in [7, 11) is 0. The van der Waals surface area contributed by atoms with Crippen LogP contribution in [-0.2, 0) is 0 Å². The van der Waals surface area contributed by atoms with Crippen LogP contribution in [0.2, 0.25) is 0 Å². The monoisotopic (exact) mass is 553 g/mol. The lowest BCUT2D eigenvalue weighted by Crippen LogP contribution is -2.13. The first kappa shape index (κ1) is 24.6. The molecule has 0 aliphatic heterocycles. The lowest BCUT2D eigenvalue weighted by atomic mass is 9.95. The normalized spacial score (nSPS) is 11.3. The van der Waals surface area contributed by atoms with E-state index in [1.54, 1.807) is 0 Å². The molecule has 0 aliphatic rings. The maximum atomic E-state index is 2.47. The first-order valence-corrected chi connectivity index (χ1v) is 15.1. The van der Waals surface area contributed by atoms with Crippen LogP contribution in [-0.4, -0.2) is 0 Å². The Hall–Kier alpha value is -5.18. The molecule has 8 rings (SSSR count). The van der Waals surface area contributed by atoms with Crippen LogP contribution in [0, 0.1) is 0 Å². The van der Waals surface area contributed by atoms with Crippen molar-refractivity contribution in [1.29, 1.82) is 0 Å². The summed E-state index contributed by atoms with van der Waals surface area (Å²) < 4.78 is 2.63. The van der Waals surface area contributed by atoms with Crippen molar-refractivity contribution in [2.75, 3.05) is 4.90 Å². The topological polar surface area (TPSA) is 3.24 Å². The Bertz CT molecular complexity index is 2200. The van der Waals surface area contributed by atoms with Gasteiger partial charge in [-0.15, -0.1) is 11.3 Å². The Morgan fingerprint density at radius 3 is 1.76 bits per heavy atom. The van der Waals surface area contributed by atoms with Crippen LogP contribution in [0.1, 0.15) is 0 Å². The van der Waals surface area contributed by atoms with Crippen LogP contribution in [0.4, 0.5) is 17.1 Å².